The van der Waals surface area contributed by atoms with E-state index in [2.05, 4.69) is 16.9 Å². The van der Waals surface area contributed by atoms with Gasteiger partial charge in [0, 0.05) is 35.8 Å². The molecule has 1 unspecified atom stereocenters. The SMILES string of the molecule is C=C(/C=C\C=C/C)CNC(=N)c1c(/N=C(\C)c2cncc(C(C)O)c2)cccc1-c1ccccc1. The first-order valence-corrected chi connectivity index (χ1v) is 11.6. The lowest BCUT2D eigenvalue weighted by atomic mass is 9.97. The molecular formula is C30H32N4O. The second-order valence-corrected chi connectivity index (χ2v) is 8.22. The Hall–Kier alpha value is -4.09. The maximum Gasteiger partial charge on any atom is 0.128 e. The van der Waals surface area contributed by atoms with Crippen LogP contribution in [-0.2, 0) is 0 Å². The standard InChI is InChI=1S/C30H32N4O/c1-5-6-8-12-21(2)18-33-30(31)29-27(24-13-9-7-10-14-24)15-11-16-28(29)34-22(3)25-17-26(23(4)35)20-32-19-25/h5-17,19-20,23,35H,2,18H2,1,3-4H3,(H2,31,33)/b6-5-,12-8-,34-22+. The number of aliphatic hydroxyl groups excluding tert-OH is 1. The Morgan fingerprint density at radius 1 is 1.14 bits per heavy atom. The Bertz CT molecular complexity index is 1270. The van der Waals surface area contributed by atoms with Crippen LogP contribution in [0.25, 0.3) is 11.1 Å². The summed E-state index contributed by atoms with van der Waals surface area (Å²) >= 11 is 0. The van der Waals surface area contributed by atoms with Gasteiger partial charge in [0.2, 0.25) is 0 Å². The van der Waals surface area contributed by atoms with E-state index in [4.69, 9.17) is 10.4 Å². The summed E-state index contributed by atoms with van der Waals surface area (Å²) in [6.07, 6.45) is 10.5. The van der Waals surface area contributed by atoms with Crippen LogP contribution in [-0.4, -0.2) is 28.2 Å². The summed E-state index contributed by atoms with van der Waals surface area (Å²) in [5.74, 6) is 0.271. The molecule has 1 aromatic heterocycles. The highest BCUT2D eigenvalue weighted by atomic mass is 16.3. The predicted octanol–water partition coefficient (Wildman–Crippen LogP) is 6.55. The van der Waals surface area contributed by atoms with E-state index in [0.717, 1.165) is 33.5 Å². The van der Waals surface area contributed by atoms with Crippen LogP contribution >= 0.6 is 0 Å². The minimum atomic E-state index is -0.612. The van der Waals surface area contributed by atoms with Crippen LogP contribution in [0.2, 0.25) is 0 Å². The van der Waals surface area contributed by atoms with Crippen LogP contribution in [0.3, 0.4) is 0 Å². The molecule has 5 heteroatoms. The van der Waals surface area contributed by atoms with Crippen molar-refractivity contribution < 1.29 is 5.11 Å². The van der Waals surface area contributed by atoms with Crippen molar-refractivity contribution in [1.29, 1.82) is 5.41 Å². The molecule has 2 aromatic carbocycles. The third kappa shape index (κ3) is 6.95. The van der Waals surface area contributed by atoms with Gasteiger partial charge in [-0.25, -0.2) is 0 Å². The second kappa shape index (κ2) is 12.4. The highest BCUT2D eigenvalue weighted by molar-refractivity contribution is 6.09. The molecule has 0 bridgehead atoms. The average molecular weight is 465 g/mol. The van der Waals surface area contributed by atoms with E-state index >= 15 is 0 Å². The number of benzene rings is 2. The quantitative estimate of drug-likeness (QED) is 0.191. The van der Waals surface area contributed by atoms with Gasteiger partial charge in [-0.2, -0.15) is 0 Å². The maximum absolute atomic E-state index is 9.94. The van der Waals surface area contributed by atoms with Crippen molar-refractivity contribution in [1.82, 2.24) is 10.3 Å². The van der Waals surface area contributed by atoms with Gasteiger partial charge in [0.1, 0.15) is 5.84 Å². The summed E-state index contributed by atoms with van der Waals surface area (Å²) in [6, 6.07) is 17.8. The first kappa shape index (κ1) is 25.5. The summed E-state index contributed by atoms with van der Waals surface area (Å²) in [4.78, 5) is 9.15. The van der Waals surface area contributed by atoms with Crippen LogP contribution < -0.4 is 5.32 Å². The van der Waals surface area contributed by atoms with Crippen molar-refractivity contribution in [3.63, 3.8) is 0 Å². The molecule has 0 spiro atoms. The van der Waals surface area contributed by atoms with E-state index in [1.165, 1.54) is 0 Å². The molecule has 1 atom stereocenters. The average Bonchev–Trinajstić information content (AvgIpc) is 2.88. The third-order valence-corrected chi connectivity index (χ3v) is 5.45. The van der Waals surface area contributed by atoms with Gasteiger partial charge in [-0.1, -0.05) is 73.3 Å². The number of nitrogens with zero attached hydrogens (tertiary/aromatic N) is 2. The summed E-state index contributed by atoms with van der Waals surface area (Å²) in [5.41, 5.74) is 6.49. The van der Waals surface area contributed by atoms with E-state index in [0.29, 0.717) is 17.8 Å². The normalized spacial score (nSPS) is 12.7. The molecule has 0 saturated heterocycles. The minimum Gasteiger partial charge on any atom is -0.389 e. The largest absolute Gasteiger partial charge is 0.389 e. The number of nitrogens with one attached hydrogen (secondary N) is 2. The monoisotopic (exact) mass is 464 g/mol. The summed E-state index contributed by atoms with van der Waals surface area (Å²) in [6.45, 7) is 10.1. The van der Waals surface area contributed by atoms with Crippen LogP contribution in [0.4, 0.5) is 5.69 Å². The zero-order valence-electron chi connectivity index (χ0n) is 20.5. The Morgan fingerprint density at radius 2 is 1.91 bits per heavy atom. The number of aromatic nitrogens is 1. The molecule has 3 N–H and O–H groups in total. The number of hydrogen-bond acceptors (Lipinski definition) is 4. The smallest absolute Gasteiger partial charge is 0.128 e. The van der Waals surface area contributed by atoms with E-state index in [9.17, 15) is 5.11 Å². The summed E-state index contributed by atoms with van der Waals surface area (Å²) in [5, 5.41) is 22.0. The number of amidine groups is 1. The lowest BCUT2D eigenvalue weighted by Crippen LogP contribution is -2.26. The molecule has 5 nitrogen and oxygen atoms in total. The predicted molar refractivity (Wildman–Crippen MR) is 147 cm³/mol. The fraction of sp³-hybridized carbons (Fsp3) is 0.167. The molecule has 0 aliphatic rings. The van der Waals surface area contributed by atoms with Gasteiger partial charge in [0.05, 0.1) is 11.8 Å². The minimum absolute atomic E-state index is 0.271. The van der Waals surface area contributed by atoms with Crippen LogP contribution in [0.15, 0.2) is 108 Å². The lowest BCUT2D eigenvalue weighted by Gasteiger charge is -2.16. The van der Waals surface area contributed by atoms with Crippen molar-refractivity contribution in [3.8, 4) is 11.1 Å². The van der Waals surface area contributed by atoms with Crippen LogP contribution in [0.1, 0.15) is 43.6 Å². The fourth-order valence-corrected chi connectivity index (χ4v) is 3.54. The third-order valence-electron chi connectivity index (χ3n) is 5.45. The summed E-state index contributed by atoms with van der Waals surface area (Å²) < 4.78 is 0. The Morgan fingerprint density at radius 3 is 2.63 bits per heavy atom. The van der Waals surface area contributed by atoms with Gasteiger partial charge < -0.3 is 10.4 Å². The first-order chi connectivity index (χ1) is 16.9. The number of pyridine rings is 1. The Labute approximate surface area is 207 Å². The van der Waals surface area contributed by atoms with Gasteiger partial charge >= 0.3 is 0 Å². The topological polar surface area (TPSA) is 81.4 Å². The van der Waals surface area contributed by atoms with Crippen molar-refractivity contribution in [3.05, 3.63) is 120 Å². The Kier molecular flexibility index (Phi) is 9.04. The zero-order valence-corrected chi connectivity index (χ0v) is 20.5. The van der Waals surface area contributed by atoms with Gasteiger partial charge in [0.25, 0.3) is 0 Å². The molecule has 0 radical (unpaired) electrons. The number of allylic oxidation sites excluding steroid dienone is 3. The molecule has 0 fully saturated rings. The first-order valence-electron chi connectivity index (χ1n) is 11.6. The molecule has 3 rings (SSSR count). The fourth-order valence-electron chi connectivity index (χ4n) is 3.54. The molecule has 0 saturated carbocycles. The number of rotatable bonds is 9. The van der Waals surface area contributed by atoms with Crippen molar-refractivity contribution >= 4 is 17.2 Å². The molecule has 0 aliphatic carbocycles. The van der Waals surface area contributed by atoms with Crippen LogP contribution in [0, 0.1) is 5.41 Å². The van der Waals surface area contributed by atoms with Crippen molar-refractivity contribution in [2.24, 2.45) is 4.99 Å². The van der Waals surface area contributed by atoms with E-state index < -0.39 is 6.10 Å². The van der Waals surface area contributed by atoms with Gasteiger partial charge in [-0.3, -0.25) is 15.4 Å². The number of hydrogen-bond donors (Lipinski definition) is 3. The molecule has 0 aliphatic heterocycles. The van der Waals surface area contributed by atoms with Crippen molar-refractivity contribution in [2.45, 2.75) is 26.9 Å². The molecule has 3 aromatic rings. The van der Waals surface area contributed by atoms with Gasteiger partial charge in [-0.15, -0.1) is 0 Å². The van der Waals surface area contributed by atoms with E-state index in [1.54, 1.807) is 19.3 Å². The van der Waals surface area contributed by atoms with Gasteiger partial charge in [0.15, 0.2) is 0 Å². The molecular weight excluding hydrogens is 432 g/mol. The second-order valence-electron chi connectivity index (χ2n) is 8.22. The van der Waals surface area contributed by atoms with Gasteiger partial charge in [-0.05, 0) is 55.2 Å². The van der Waals surface area contributed by atoms with E-state index in [1.807, 2.05) is 92.7 Å². The Balaban J connectivity index is 2.02. The molecule has 35 heavy (non-hydrogen) atoms. The molecule has 0 amide bonds. The maximum atomic E-state index is 9.94. The number of aliphatic imine (C=N–C) groups is 1. The van der Waals surface area contributed by atoms with E-state index in [-0.39, 0.29) is 5.84 Å². The zero-order chi connectivity index (χ0) is 25.2. The number of aliphatic hydroxyl groups is 1. The van der Waals surface area contributed by atoms with Crippen molar-refractivity contribution in [2.75, 3.05) is 6.54 Å². The van der Waals surface area contributed by atoms with Crippen LogP contribution in [0.5, 0.6) is 0 Å². The molecule has 178 valence electrons. The molecule has 1 heterocycles. The highest BCUT2D eigenvalue weighted by Crippen LogP contribution is 2.31. The lowest BCUT2D eigenvalue weighted by molar-refractivity contribution is 0.199. The summed E-state index contributed by atoms with van der Waals surface area (Å²) in [7, 11) is 0. The highest BCUT2D eigenvalue weighted by Gasteiger charge is 2.15.